The van der Waals surface area contributed by atoms with Gasteiger partial charge < -0.3 is 9.72 Å². The van der Waals surface area contributed by atoms with Crippen molar-refractivity contribution in [3.8, 4) is 23.1 Å². The van der Waals surface area contributed by atoms with E-state index in [9.17, 15) is 4.79 Å². The molecule has 3 aromatic rings. The average Bonchev–Trinajstić information content (AvgIpc) is 2.91. The topological polar surface area (TPSA) is 83.2 Å². The number of rotatable bonds is 2. The van der Waals surface area contributed by atoms with Crippen molar-refractivity contribution in [2.75, 3.05) is 7.11 Å². The number of benzene rings is 1. The molecule has 0 spiro atoms. The minimum Gasteiger partial charge on any atom is -0.495 e. The molecular weight excluding hydrogens is 292 g/mol. The minimum absolute atomic E-state index is 0.301. The van der Waals surface area contributed by atoms with Crippen LogP contribution in [0, 0.1) is 11.3 Å². The highest BCUT2D eigenvalue weighted by molar-refractivity contribution is 6.32. The molecule has 2 heterocycles. The summed E-state index contributed by atoms with van der Waals surface area (Å²) in [5, 5.41) is 13.4. The van der Waals surface area contributed by atoms with E-state index < -0.39 is 0 Å². The van der Waals surface area contributed by atoms with E-state index >= 15 is 0 Å². The Labute approximate surface area is 124 Å². The van der Waals surface area contributed by atoms with Crippen molar-refractivity contribution in [2.45, 2.75) is 0 Å². The number of nitrogens with zero attached hydrogens (tertiary/aromatic N) is 3. The maximum absolute atomic E-state index is 12.0. The predicted octanol–water partition coefficient (Wildman–Crippen LogP) is 2.22. The van der Waals surface area contributed by atoms with E-state index in [4.69, 9.17) is 21.6 Å². The van der Waals surface area contributed by atoms with Crippen molar-refractivity contribution in [1.82, 2.24) is 14.6 Å². The van der Waals surface area contributed by atoms with Crippen molar-refractivity contribution >= 4 is 17.2 Å². The van der Waals surface area contributed by atoms with Crippen LogP contribution in [-0.4, -0.2) is 21.7 Å². The van der Waals surface area contributed by atoms with Crippen LogP contribution in [0.3, 0.4) is 0 Å². The number of nitriles is 1. The van der Waals surface area contributed by atoms with Gasteiger partial charge in [-0.1, -0.05) is 17.7 Å². The second-order valence-corrected chi connectivity index (χ2v) is 4.71. The quantitative estimate of drug-likeness (QED) is 0.786. The fourth-order valence-electron chi connectivity index (χ4n) is 2.05. The molecule has 2 aromatic heterocycles. The monoisotopic (exact) mass is 300 g/mol. The fourth-order valence-corrected chi connectivity index (χ4v) is 2.24. The lowest BCUT2D eigenvalue weighted by molar-refractivity contribution is 0.415. The predicted molar refractivity (Wildman–Crippen MR) is 77.5 cm³/mol. The summed E-state index contributed by atoms with van der Waals surface area (Å²) in [5.74, 6) is 0.504. The van der Waals surface area contributed by atoms with Gasteiger partial charge in [-0.05, 0) is 12.1 Å². The number of hydrogen-bond acceptors (Lipinski definition) is 4. The molecule has 0 atom stereocenters. The summed E-state index contributed by atoms with van der Waals surface area (Å²) < 4.78 is 6.31. The number of nitrogens with one attached hydrogen (secondary N) is 1. The summed E-state index contributed by atoms with van der Waals surface area (Å²) in [7, 11) is 1.52. The number of fused-ring (bicyclic) bond motifs is 1. The molecule has 0 saturated heterocycles. The van der Waals surface area contributed by atoms with Crippen LogP contribution in [0.25, 0.3) is 16.9 Å². The number of hydrogen-bond donors (Lipinski definition) is 1. The van der Waals surface area contributed by atoms with Crippen molar-refractivity contribution in [3.63, 3.8) is 0 Å². The zero-order valence-corrected chi connectivity index (χ0v) is 11.7. The molecular formula is C14H9ClN4O2. The van der Waals surface area contributed by atoms with Crippen LogP contribution in [0.5, 0.6) is 5.75 Å². The van der Waals surface area contributed by atoms with E-state index in [1.54, 1.807) is 18.2 Å². The molecule has 0 radical (unpaired) electrons. The molecule has 6 nitrogen and oxygen atoms in total. The van der Waals surface area contributed by atoms with Crippen molar-refractivity contribution in [3.05, 3.63) is 51.4 Å². The van der Waals surface area contributed by atoms with Gasteiger partial charge >= 0.3 is 0 Å². The Morgan fingerprint density at radius 1 is 1.43 bits per heavy atom. The van der Waals surface area contributed by atoms with Gasteiger partial charge in [0.1, 0.15) is 17.4 Å². The molecule has 0 aliphatic heterocycles. The zero-order chi connectivity index (χ0) is 15.0. The van der Waals surface area contributed by atoms with Crippen LogP contribution in [0.2, 0.25) is 5.02 Å². The van der Waals surface area contributed by atoms with Gasteiger partial charge in [-0.3, -0.25) is 4.79 Å². The van der Waals surface area contributed by atoms with E-state index in [2.05, 4.69) is 10.1 Å². The fraction of sp³-hybridized carbons (Fsp3) is 0.0714. The SMILES string of the molecule is COc1cc(-c2cc(=O)n3ncc(C#N)c3[nH]2)ccc1Cl. The Bertz CT molecular complexity index is 936. The first-order valence-electron chi connectivity index (χ1n) is 5.99. The molecule has 3 rings (SSSR count). The summed E-state index contributed by atoms with van der Waals surface area (Å²) in [4.78, 5) is 15.1. The molecule has 0 aliphatic rings. The Morgan fingerprint density at radius 3 is 2.95 bits per heavy atom. The smallest absolute Gasteiger partial charge is 0.274 e. The summed E-state index contributed by atoms with van der Waals surface area (Å²) in [5.41, 5.74) is 1.61. The molecule has 104 valence electrons. The highest BCUT2D eigenvalue weighted by Gasteiger charge is 2.10. The maximum atomic E-state index is 12.0. The number of aromatic amines is 1. The average molecular weight is 301 g/mol. The second-order valence-electron chi connectivity index (χ2n) is 4.30. The van der Waals surface area contributed by atoms with E-state index in [-0.39, 0.29) is 5.56 Å². The Balaban J connectivity index is 2.26. The lowest BCUT2D eigenvalue weighted by atomic mass is 10.1. The Kier molecular flexibility index (Phi) is 3.12. The summed E-state index contributed by atoms with van der Waals surface area (Å²) >= 11 is 5.99. The standard InChI is InChI=1S/C14H9ClN4O2/c1-21-12-4-8(2-3-10(12)15)11-5-13(20)19-14(18-11)9(6-16)7-17-19/h2-5,7,18H,1H3. The molecule has 7 heteroatoms. The van der Waals surface area contributed by atoms with Crippen LogP contribution < -0.4 is 10.3 Å². The second kappa shape index (κ2) is 4.96. The van der Waals surface area contributed by atoms with Gasteiger partial charge in [0.15, 0.2) is 5.65 Å². The first-order chi connectivity index (χ1) is 10.1. The van der Waals surface area contributed by atoms with Crippen LogP contribution in [0.4, 0.5) is 0 Å². The van der Waals surface area contributed by atoms with Crippen molar-refractivity contribution in [1.29, 1.82) is 5.26 Å². The lowest BCUT2D eigenvalue weighted by Crippen LogP contribution is -2.14. The van der Waals surface area contributed by atoms with Gasteiger partial charge in [0, 0.05) is 11.6 Å². The number of methoxy groups -OCH3 is 1. The molecule has 21 heavy (non-hydrogen) atoms. The normalized spacial score (nSPS) is 10.5. The lowest BCUT2D eigenvalue weighted by Gasteiger charge is -2.07. The van der Waals surface area contributed by atoms with Crippen molar-refractivity contribution in [2.24, 2.45) is 0 Å². The van der Waals surface area contributed by atoms with Crippen LogP contribution >= 0.6 is 11.6 Å². The van der Waals surface area contributed by atoms with Gasteiger partial charge in [-0.15, -0.1) is 0 Å². The number of aromatic nitrogens is 3. The molecule has 0 amide bonds. The van der Waals surface area contributed by atoms with Gasteiger partial charge in [0.25, 0.3) is 5.56 Å². The minimum atomic E-state index is -0.325. The molecule has 0 saturated carbocycles. The first-order valence-corrected chi connectivity index (χ1v) is 6.37. The van der Waals surface area contributed by atoms with Gasteiger partial charge in [-0.25, -0.2) is 0 Å². The van der Waals surface area contributed by atoms with Crippen LogP contribution in [0.15, 0.2) is 35.3 Å². The first kappa shape index (κ1) is 13.2. The Hall–Kier alpha value is -2.78. The van der Waals surface area contributed by atoms with E-state index in [0.29, 0.717) is 27.7 Å². The molecule has 0 aliphatic carbocycles. The maximum Gasteiger partial charge on any atom is 0.274 e. The number of halogens is 1. The van der Waals surface area contributed by atoms with E-state index in [1.807, 2.05) is 6.07 Å². The number of ether oxygens (including phenoxy) is 1. The van der Waals surface area contributed by atoms with Crippen molar-refractivity contribution < 1.29 is 4.74 Å². The van der Waals surface area contributed by atoms with Gasteiger partial charge in [0.05, 0.1) is 24.0 Å². The third-order valence-corrected chi connectivity index (χ3v) is 3.39. The third-order valence-electron chi connectivity index (χ3n) is 3.08. The van der Waals surface area contributed by atoms with Crippen LogP contribution in [-0.2, 0) is 0 Å². The third kappa shape index (κ3) is 2.14. The summed E-state index contributed by atoms with van der Waals surface area (Å²) in [6.07, 6.45) is 1.35. The van der Waals surface area contributed by atoms with Gasteiger partial charge in [-0.2, -0.15) is 14.9 Å². The summed E-state index contributed by atoms with van der Waals surface area (Å²) in [6, 6.07) is 8.55. The van der Waals surface area contributed by atoms with Gasteiger partial charge in [0.2, 0.25) is 0 Å². The molecule has 0 bridgehead atoms. The number of H-pyrrole nitrogens is 1. The van der Waals surface area contributed by atoms with E-state index in [1.165, 1.54) is 19.4 Å². The molecule has 0 fully saturated rings. The zero-order valence-electron chi connectivity index (χ0n) is 10.9. The van der Waals surface area contributed by atoms with Crippen LogP contribution in [0.1, 0.15) is 5.56 Å². The highest BCUT2D eigenvalue weighted by Crippen LogP contribution is 2.29. The largest absolute Gasteiger partial charge is 0.495 e. The molecule has 0 unspecified atom stereocenters. The Morgan fingerprint density at radius 2 is 2.24 bits per heavy atom. The molecule has 1 N–H and O–H groups in total. The highest BCUT2D eigenvalue weighted by atomic mass is 35.5. The van der Waals surface area contributed by atoms with E-state index in [0.717, 1.165) is 10.1 Å². The molecule has 1 aromatic carbocycles. The summed E-state index contributed by atoms with van der Waals surface area (Å²) in [6.45, 7) is 0.